The summed E-state index contributed by atoms with van der Waals surface area (Å²) < 4.78 is 0.891. The van der Waals surface area contributed by atoms with Crippen molar-refractivity contribution < 1.29 is 9.85 Å². The van der Waals surface area contributed by atoms with E-state index < -0.39 is 9.85 Å². The number of fused-ring (bicyclic) bond motifs is 2. The minimum atomic E-state index is -0.494. The largest absolute Gasteiger partial charge is 0.276 e. The lowest BCUT2D eigenvalue weighted by molar-refractivity contribution is -0.384. The predicted molar refractivity (Wildman–Crippen MR) is 103 cm³/mol. The van der Waals surface area contributed by atoms with Crippen LogP contribution in [0.2, 0.25) is 0 Å². The first kappa shape index (κ1) is 18.2. The van der Waals surface area contributed by atoms with Crippen LogP contribution in [0.4, 0.5) is 11.4 Å². The molecule has 0 fully saturated rings. The first-order valence-corrected chi connectivity index (χ1v) is 8.29. The van der Waals surface area contributed by atoms with Crippen molar-refractivity contribution in [1.29, 1.82) is 5.26 Å². The number of rotatable bonds is 2. The number of nitriles is 1. The molecular weight excluding hydrogens is 469 g/mol. The van der Waals surface area contributed by atoms with E-state index in [0.717, 1.165) is 9.09 Å². The molecule has 0 aliphatic rings. The Balaban J connectivity index is 0.000000156. The molecule has 0 aliphatic heterocycles. The standard InChI is InChI=1S/C8H4N4O2.C7H4IN3O2/c9-4-8-6-2-1-5(12(13)14)3-7(6)10-11-8;8-7-5-2-1-4(11(12)13)3-6(5)9-10-7/h1-3H,(H,10,11);1-3H,(H,9,10). The molecule has 27 heavy (non-hydrogen) atoms. The van der Waals surface area contributed by atoms with Crippen LogP contribution in [0.5, 0.6) is 0 Å². The number of hydrogen-bond acceptors (Lipinski definition) is 7. The monoisotopic (exact) mass is 477 g/mol. The summed E-state index contributed by atoms with van der Waals surface area (Å²) in [6.45, 7) is 0. The van der Waals surface area contributed by atoms with E-state index in [1.165, 1.54) is 30.3 Å². The van der Waals surface area contributed by atoms with Crippen LogP contribution in [-0.2, 0) is 0 Å². The highest BCUT2D eigenvalue weighted by molar-refractivity contribution is 14.1. The van der Waals surface area contributed by atoms with Crippen LogP contribution in [0.1, 0.15) is 5.69 Å². The van der Waals surface area contributed by atoms with Gasteiger partial charge in [0, 0.05) is 35.0 Å². The lowest BCUT2D eigenvalue weighted by Gasteiger charge is -1.90. The Bertz CT molecular complexity index is 1220. The molecule has 0 atom stereocenters. The topological polar surface area (TPSA) is 167 Å². The Kier molecular flexibility index (Phi) is 4.94. The van der Waals surface area contributed by atoms with Gasteiger partial charge in [0.25, 0.3) is 11.4 Å². The van der Waals surface area contributed by atoms with Crippen molar-refractivity contribution in [2.75, 3.05) is 0 Å². The fourth-order valence-corrected chi connectivity index (χ4v) is 2.86. The number of benzene rings is 2. The Morgan fingerprint density at radius 3 is 2.22 bits per heavy atom. The van der Waals surface area contributed by atoms with Crippen molar-refractivity contribution in [3.05, 3.63) is 66.0 Å². The van der Waals surface area contributed by atoms with E-state index in [0.29, 0.717) is 16.4 Å². The number of halogens is 1. The molecule has 11 nitrogen and oxygen atoms in total. The van der Waals surface area contributed by atoms with Gasteiger partial charge in [-0.25, -0.2) is 0 Å². The van der Waals surface area contributed by atoms with Gasteiger partial charge in [-0.1, -0.05) is 0 Å². The third-order valence-corrected chi connectivity index (χ3v) is 4.39. The minimum Gasteiger partial charge on any atom is -0.276 e. The minimum absolute atomic E-state index is 0.0226. The van der Waals surface area contributed by atoms with Crippen molar-refractivity contribution in [2.45, 2.75) is 0 Å². The van der Waals surface area contributed by atoms with E-state index in [4.69, 9.17) is 5.26 Å². The zero-order chi connectivity index (χ0) is 19.6. The van der Waals surface area contributed by atoms with Crippen LogP contribution in [-0.4, -0.2) is 30.2 Å². The maximum atomic E-state index is 10.4. The molecule has 0 bridgehead atoms. The van der Waals surface area contributed by atoms with E-state index >= 15 is 0 Å². The fourth-order valence-electron chi connectivity index (χ4n) is 2.29. The van der Waals surface area contributed by atoms with Crippen LogP contribution in [0.3, 0.4) is 0 Å². The number of nitro benzene ring substituents is 2. The number of nitrogens with zero attached hydrogens (tertiary/aromatic N) is 5. The number of nitrogens with one attached hydrogen (secondary N) is 2. The highest BCUT2D eigenvalue weighted by atomic mass is 127. The molecule has 0 spiro atoms. The van der Waals surface area contributed by atoms with Gasteiger partial charge in [-0.15, -0.1) is 0 Å². The highest BCUT2D eigenvalue weighted by Crippen LogP contribution is 2.22. The molecule has 2 aromatic heterocycles. The SMILES string of the molecule is N#Cc1n[nH]c2cc([N+](=O)[O-])ccc12.O=[N+]([O-])c1ccc2c(I)[nH]nc2c1. The van der Waals surface area contributed by atoms with Crippen LogP contribution < -0.4 is 0 Å². The molecule has 2 aromatic carbocycles. The van der Waals surface area contributed by atoms with Crippen LogP contribution >= 0.6 is 22.6 Å². The van der Waals surface area contributed by atoms with E-state index in [2.05, 4.69) is 43.0 Å². The molecule has 2 heterocycles. The summed E-state index contributed by atoms with van der Waals surface area (Å²) in [4.78, 5) is 19.9. The first-order chi connectivity index (χ1) is 12.9. The normalized spacial score (nSPS) is 10.2. The summed E-state index contributed by atoms with van der Waals surface area (Å²) >= 11 is 2.09. The summed E-state index contributed by atoms with van der Waals surface area (Å²) in [5.41, 5.74) is 1.41. The van der Waals surface area contributed by atoms with E-state index in [-0.39, 0.29) is 17.1 Å². The Morgan fingerprint density at radius 1 is 0.963 bits per heavy atom. The number of aromatic nitrogens is 4. The third kappa shape index (κ3) is 3.67. The van der Waals surface area contributed by atoms with Gasteiger partial charge in [0.2, 0.25) is 0 Å². The van der Waals surface area contributed by atoms with E-state index in [1.54, 1.807) is 6.07 Å². The number of nitro groups is 2. The molecule has 4 aromatic rings. The zero-order valence-corrected chi connectivity index (χ0v) is 15.4. The van der Waals surface area contributed by atoms with Crippen molar-refractivity contribution >= 4 is 55.8 Å². The van der Waals surface area contributed by atoms with Gasteiger partial charge >= 0.3 is 0 Å². The summed E-state index contributed by atoms with van der Waals surface area (Å²) in [5.74, 6) is 0. The molecule has 0 unspecified atom stereocenters. The third-order valence-electron chi connectivity index (χ3n) is 3.57. The Morgan fingerprint density at radius 2 is 1.59 bits per heavy atom. The summed E-state index contributed by atoms with van der Waals surface area (Å²) in [6, 6.07) is 10.7. The van der Waals surface area contributed by atoms with Crippen molar-refractivity contribution in [1.82, 2.24) is 20.4 Å². The molecule has 0 aliphatic carbocycles. The van der Waals surface area contributed by atoms with Gasteiger partial charge in [-0.2, -0.15) is 15.5 Å². The lowest BCUT2D eigenvalue weighted by atomic mass is 10.2. The molecule has 0 radical (unpaired) electrons. The highest BCUT2D eigenvalue weighted by Gasteiger charge is 2.10. The Labute approximate surface area is 163 Å². The molecular formula is C15H8IN7O4. The summed E-state index contributed by atoms with van der Waals surface area (Å²) in [6.07, 6.45) is 0. The quantitative estimate of drug-likeness (QED) is 0.253. The molecule has 0 saturated heterocycles. The van der Waals surface area contributed by atoms with Gasteiger partial charge in [-0.3, -0.25) is 30.4 Å². The molecule has 2 N–H and O–H groups in total. The number of hydrogen-bond donors (Lipinski definition) is 2. The lowest BCUT2D eigenvalue weighted by Crippen LogP contribution is -1.86. The van der Waals surface area contributed by atoms with Crippen molar-refractivity contribution in [3.8, 4) is 6.07 Å². The van der Waals surface area contributed by atoms with E-state index in [9.17, 15) is 20.2 Å². The van der Waals surface area contributed by atoms with Crippen LogP contribution in [0, 0.1) is 35.3 Å². The number of non-ortho nitro benzene ring substituents is 2. The number of aromatic amines is 2. The molecule has 0 amide bonds. The fraction of sp³-hybridized carbons (Fsp3) is 0. The van der Waals surface area contributed by atoms with Gasteiger partial charge < -0.3 is 0 Å². The average Bonchev–Trinajstić information content (AvgIpc) is 3.24. The zero-order valence-electron chi connectivity index (χ0n) is 13.2. The molecule has 12 heteroatoms. The second-order valence-electron chi connectivity index (χ2n) is 5.17. The summed E-state index contributed by atoms with van der Waals surface area (Å²) in [5, 5.41) is 43.9. The first-order valence-electron chi connectivity index (χ1n) is 7.21. The number of H-pyrrole nitrogens is 2. The van der Waals surface area contributed by atoms with Crippen molar-refractivity contribution in [2.24, 2.45) is 0 Å². The van der Waals surface area contributed by atoms with Gasteiger partial charge in [0.1, 0.15) is 15.3 Å². The predicted octanol–water partition coefficient (Wildman–Crippen LogP) is 3.42. The van der Waals surface area contributed by atoms with Gasteiger partial charge in [-0.05, 0) is 34.7 Å². The van der Waals surface area contributed by atoms with Crippen LogP contribution in [0.25, 0.3) is 21.8 Å². The molecule has 4 rings (SSSR count). The second kappa shape index (κ2) is 7.33. The van der Waals surface area contributed by atoms with Gasteiger partial charge in [0.15, 0.2) is 5.69 Å². The van der Waals surface area contributed by atoms with E-state index in [1.807, 2.05) is 6.07 Å². The smallest absolute Gasteiger partial charge is 0.271 e. The summed E-state index contributed by atoms with van der Waals surface area (Å²) in [7, 11) is 0. The molecule has 0 saturated carbocycles. The second-order valence-corrected chi connectivity index (χ2v) is 6.25. The van der Waals surface area contributed by atoms with Crippen molar-refractivity contribution in [3.63, 3.8) is 0 Å². The maximum absolute atomic E-state index is 10.4. The van der Waals surface area contributed by atoms with Gasteiger partial charge in [0.05, 0.1) is 15.4 Å². The molecule has 134 valence electrons. The Hall–Kier alpha value is -3.60. The average molecular weight is 477 g/mol. The maximum Gasteiger partial charge on any atom is 0.271 e. The van der Waals surface area contributed by atoms with Crippen LogP contribution in [0.15, 0.2) is 36.4 Å².